The molecule has 8 nitrogen and oxygen atoms in total. The van der Waals surface area contributed by atoms with E-state index in [1.54, 1.807) is 0 Å². The van der Waals surface area contributed by atoms with Crippen LogP contribution in [-0.4, -0.2) is 16.8 Å². The van der Waals surface area contributed by atoms with Crippen LogP contribution in [-0.2, 0) is 0 Å². The fraction of sp³-hybridized carbons (Fsp3) is 0. The summed E-state index contributed by atoms with van der Waals surface area (Å²) in [6, 6.07) is 5.73. The Morgan fingerprint density at radius 3 is 2.19 bits per heavy atom. The SMILES string of the molecule is NC(N)=[NH+]C(N)=[NH+]c1ccc([N+](=O)[O-])cc1. The molecule has 0 unspecified atom stereocenters. The van der Waals surface area contributed by atoms with Gasteiger partial charge in [-0.05, 0) is 12.1 Å². The Hall–Kier alpha value is -2.64. The number of rotatable bonds is 2. The highest BCUT2D eigenvalue weighted by molar-refractivity contribution is 5.75. The number of guanidine groups is 2. The molecule has 0 amide bonds. The van der Waals surface area contributed by atoms with Crippen molar-refractivity contribution in [2.24, 2.45) is 17.2 Å². The average molecular weight is 224 g/mol. The Balaban J connectivity index is 2.91. The summed E-state index contributed by atoms with van der Waals surface area (Å²) in [7, 11) is 0. The van der Waals surface area contributed by atoms with E-state index in [1.807, 2.05) is 0 Å². The predicted octanol–water partition coefficient (Wildman–Crippen LogP) is -4.02. The molecule has 16 heavy (non-hydrogen) atoms. The Labute approximate surface area is 90.6 Å². The normalized spacial score (nSPS) is 10.9. The zero-order valence-corrected chi connectivity index (χ0v) is 8.31. The van der Waals surface area contributed by atoms with Crippen LogP contribution in [0.2, 0.25) is 0 Å². The molecule has 0 radical (unpaired) electrons. The molecule has 0 aliphatic heterocycles. The smallest absolute Gasteiger partial charge is 0.275 e. The number of benzene rings is 1. The maximum atomic E-state index is 10.4. The molecule has 1 aromatic rings. The Morgan fingerprint density at radius 2 is 1.75 bits per heavy atom. The van der Waals surface area contributed by atoms with Crippen molar-refractivity contribution in [3.8, 4) is 0 Å². The van der Waals surface area contributed by atoms with Gasteiger partial charge in [-0.15, -0.1) is 0 Å². The highest BCUT2D eigenvalue weighted by atomic mass is 16.6. The van der Waals surface area contributed by atoms with Crippen molar-refractivity contribution in [3.05, 3.63) is 34.4 Å². The average Bonchev–Trinajstić information content (AvgIpc) is 2.16. The summed E-state index contributed by atoms with van der Waals surface area (Å²) in [5.41, 5.74) is 16.4. The van der Waals surface area contributed by atoms with Crippen LogP contribution in [0.1, 0.15) is 0 Å². The minimum atomic E-state index is -0.485. The quantitative estimate of drug-likeness (QED) is 0.150. The van der Waals surface area contributed by atoms with Gasteiger partial charge >= 0.3 is 11.9 Å². The van der Waals surface area contributed by atoms with Crippen LogP contribution < -0.4 is 27.2 Å². The maximum Gasteiger partial charge on any atom is 0.390 e. The Morgan fingerprint density at radius 1 is 1.19 bits per heavy atom. The summed E-state index contributed by atoms with van der Waals surface area (Å²) >= 11 is 0. The first kappa shape index (κ1) is 11.4. The molecular formula is C8H12N6O2+2. The van der Waals surface area contributed by atoms with E-state index in [2.05, 4.69) is 9.98 Å². The lowest BCUT2D eigenvalue weighted by Gasteiger charge is -1.92. The van der Waals surface area contributed by atoms with E-state index in [0.717, 1.165) is 0 Å². The molecule has 84 valence electrons. The molecule has 0 saturated carbocycles. The van der Waals surface area contributed by atoms with Gasteiger partial charge in [-0.1, -0.05) is 0 Å². The zero-order chi connectivity index (χ0) is 12.1. The summed E-state index contributed by atoms with van der Waals surface area (Å²) in [5.74, 6) is 0.0840. The highest BCUT2D eigenvalue weighted by Gasteiger charge is 2.05. The third-order valence-electron chi connectivity index (χ3n) is 1.64. The first-order valence-corrected chi connectivity index (χ1v) is 4.28. The van der Waals surface area contributed by atoms with E-state index in [9.17, 15) is 10.1 Å². The second kappa shape index (κ2) is 4.73. The summed E-state index contributed by atoms with van der Waals surface area (Å²) < 4.78 is 0. The number of nitrogens with two attached hydrogens (primary N) is 3. The van der Waals surface area contributed by atoms with Gasteiger partial charge in [-0.2, -0.15) is 4.99 Å². The molecule has 0 fully saturated rings. The van der Waals surface area contributed by atoms with Crippen LogP contribution in [0, 0.1) is 10.1 Å². The minimum absolute atomic E-state index is 0.00184. The summed E-state index contributed by atoms with van der Waals surface area (Å²) in [6.07, 6.45) is 0. The number of nitro benzene ring substituents is 1. The van der Waals surface area contributed by atoms with Crippen molar-refractivity contribution < 1.29 is 14.9 Å². The molecule has 1 rings (SSSR count). The van der Waals surface area contributed by atoms with E-state index in [4.69, 9.17) is 17.2 Å². The van der Waals surface area contributed by atoms with E-state index in [-0.39, 0.29) is 17.6 Å². The first-order chi connectivity index (χ1) is 7.49. The molecule has 0 aliphatic rings. The number of nitrogens with zero attached hydrogens (tertiary/aromatic N) is 1. The van der Waals surface area contributed by atoms with Gasteiger partial charge < -0.3 is 0 Å². The molecule has 0 saturated heterocycles. The predicted molar refractivity (Wildman–Crippen MR) is 57.3 cm³/mol. The largest absolute Gasteiger partial charge is 0.390 e. The number of hydrogen-bond acceptors (Lipinski definition) is 2. The Bertz CT molecular complexity index is 446. The Kier molecular flexibility index (Phi) is 3.38. The van der Waals surface area contributed by atoms with Crippen molar-refractivity contribution in [2.75, 3.05) is 0 Å². The molecule has 0 atom stereocenters. The summed E-state index contributed by atoms with van der Waals surface area (Å²) in [6.45, 7) is 0. The van der Waals surface area contributed by atoms with Crippen LogP contribution in [0.3, 0.4) is 0 Å². The maximum absolute atomic E-state index is 10.4. The summed E-state index contributed by atoms with van der Waals surface area (Å²) in [5, 5.41) is 10.4. The van der Waals surface area contributed by atoms with Gasteiger partial charge in [0.1, 0.15) is 5.69 Å². The van der Waals surface area contributed by atoms with Crippen molar-refractivity contribution in [1.82, 2.24) is 0 Å². The molecule has 1 aromatic carbocycles. The minimum Gasteiger partial charge on any atom is -0.275 e. The van der Waals surface area contributed by atoms with Gasteiger partial charge in [0, 0.05) is 12.1 Å². The van der Waals surface area contributed by atoms with Crippen LogP contribution in [0.5, 0.6) is 0 Å². The van der Waals surface area contributed by atoms with Crippen molar-refractivity contribution in [2.45, 2.75) is 0 Å². The van der Waals surface area contributed by atoms with Crippen molar-refractivity contribution in [1.29, 1.82) is 0 Å². The fourth-order valence-corrected chi connectivity index (χ4v) is 1.01. The molecular weight excluding hydrogens is 212 g/mol. The number of nitrogens with one attached hydrogen (secondary N) is 2. The van der Waals surface area contributed by atoms with E-state index < -0.39 is 4.92 Å². The van der Waals surface area contributed by atoms with Gasteiger partial charge in [0.05, 0.1) is 4.92 Å². The summed E-state index contributed by atoms with van der Waals surface area (Å²) in [4.78, 5) is 15.1. The van der Waals surface area contributed by atoms with Crippen LogP contribution in [0.15, 0.2) is 24.3 Å². The first-order valence-electron chi connectivity index (χ1n) is 4.28. The molecule has 0 heterocycles. The van der Waals surface area contributed by atoms with E-state index >= 15 is 0 Å². The number of non-ortho nitro benzene ring substituents is 1. The number of hydrogen-bond donors (Lipinski definition) is 5. The number of nitro groups is 1. The van der Waals surface area contributed by atoms with E-state index in [0.29, 0.717) is 5.69 Å². The topological polar surface area (TPSA) is 149 Å². The van der Waals surface area contributed by atoms with Gasteiger partial charge in [0.2, 0.25) is 0 Å². The van der Waals surface area contributed by atoms with Gasteiger partial charge in [0.25, 0.3) is 5.69 Å². The monoisotopic (exact) mass is 224 g/mol. The lowest BCUT2D eigenvalue weighted by molar-refractivity contribution is -0.459. The van der Waals surface area contributed by atoms with Crippen LogP contribution >= 0.6 is 0 Å². The van der Waals surface area contributed by atoms with Crippen molar-refractivity contribution in [3.63, 3.8) is 0 Å². The second-order valence-electron chi connectivity index (χ2n) is 2.92. The van der Waals surface area contributed by atoms with Crippen LogP contribution in [0.25, 0.3) is 0 Å². The molecule has 0 aromatic heterocycles. The molecule has 0 spiro atoms. The highest BCUT2D eigenvalue weighted by Crippen LogP contribution is 2.11. The third kappa shape index (κ3) is 3.25. The third-order valence-corrected chi connectivity index (χ3v) is 1.64. The van der Waals surface area contributed by atoms with Gasteiger partial charge in [0.15, 0.2) is 0 Å². The van der Waals surface area contributed by atoms with E-state index in [1.165, 1.54) is 24.3 Å². The fourth-order valence-electron chi connectivity index (χ4n) is 1.01. The molecule has 0 bridgehead atoms. The molecule has 8 N–H and O–H groups in total. The standard InChI is InChI=1S/C8H10N6O2/c9-7(10)13-8(11)12-5-1-3-6(4-2-5)14(15)16/h1-4H,(H6,9,10,11,12,13)/p+2. The zero-order valence-electron chi connectivity index (χ0n) is 8.31. The molecule has 0 aliphatic carbocycles. The second-order valence-corrected chi connectivity index (χ2v) is 2.92. The van der Waals surface area contributed by atoms with Crippen molar-refractivity contribution >= 4 is 23.3 Å². The molecule has 8 heteroatoms. The van der Waals surface area contributed by atoms with Crippen LogP contribution in [0.4, 0.5) is 11.4 Å². The lowest BCUT2D eigenvalue weighted by atomic mass is 10.3. The lowest BCUT2D eigenvalue weighted by Crippen LogP contribution is -2.96. The van der Waals surface area contributed by atoms with Gasteiger partial charge in [-0.3, -0.25) is 27.3 Å². The van der Waals surface area contributed by atoms with Gasteiger partial charge in [-0.25, -0.2) is 4.99 Å².